The lowest BCUT2D eigenvalue weighted by atomic mass is 9.97. The monoisotopic (exact) mass is 528 g/mol. The van der Waals surface area contributed by atoms with Crippen molar-refractivity contribution in [2.24, 2.45) is 0 Å². The van der Waals surface area contributed by atoms with Gasteiger partial charge < -0.3 is 44.1 Å². The van der Waals surface area contributed by atoms with Gasteiger partial charge in [-0.1, -0.05) is 6.07 Å². The smallest absolute Gasteiger partial charge is 0.497 e. The molecule has 3 rings (SSSR count). The van der Waals surface area contributed by atoms with Gasteiger partial charge in [-0.25, -0.2) is 9.18 Å². The molecule has 0 radical (unpaired) electrons. The molecule has 37 heavy (non-hydrogen) atoms. The average molecular weight is 529 g/mol. The van der Waals surface area contributed by atoms with E-state index in [0.29, 0.717) is 17.0 Å². The molecule has 1 saturated heterocycles. The van der Waals surface area contributed by atoms with Gasteiger partial charge in [0.1, 0.15) is 36.5 Å². The number of carbonyl (C=O) groups excluding carboxylic acids is 1. The Balaban J connectivity index is 1.93. The minimum Gasteiger partial charge on any atom is -0.497 e. The fourth-order valence-corrected chi connectivity index (χ4v) is 3.95. The van der Waals surface area contributed by atoms with Crippen LogP contribution in [-0.4, -0.2) is 87.1 Å². The van der Waals surface area contributed by atoms with Crippen molar-refractivity contribution in [3.05, 3.63) is 40.8 Å². The zero-order valence-corrected chi connectivity index (χ0v) is 21.3. The quantitative estimate of drug-likeness (QED) is 0.273. The van der Waals surface area contributed by atoms with Crippen molar-refractivity contribution in [3.8, 4) is 11.6 Å². The molecule has 1 aromatic carbocycles. The van der Waals surface area contributed by atoms with Gasteiger partial charge in [-0.05, 0) is 39.3 Å². The molecule has 4 N–H and O–H groups in total. The molecule has 0 spiro atoms. The van der Waals surface area contributed by atoms with E-state index in [1.165, 1.54) is 19.2 Å². The predicted octanol–water partition coefficient (Wildman–Crippen LogP) is 1.19. The molecular formula is C24H33FN2O10. The van der Waals surface area contributed by atoms with E-state index in [1.807, 2.05) is 13.8 Å². The molecule has 1 aliphatic rings. The number of carbonyl (C=O) groups is 1. The normalized spacial score (nSPS) is 25.7. The van der Waals surface area contributed by atoms with E-state index >= 15 is 0 Å². The second-order valence-corrected chi connectivity index (χ2v) is 8.85. The summed E-state index contributed by atoms with van der Waals surface area (Å²) in [6.45, 7) is 6.41. The maximum Gasteiger partial charge on any atom is 0.508 e. The van der Waals surface area contributed by atoms with Crippen molar-refractivity contribution in [3.63, 3.8) is 0 Å². The SMILES string of the molecule is CCOC(=O)OC[C@H]1O[C@](O)(Oc2nn(C(C)C)c(C)c2Cc2ccc(OC)cc2F)[C@H](O)[C@@H](O)[C@@H]1O. The van der Waals surface area contributed by atoms with Crippen LogP contribution in [-0.2, 0) is 20.6 Å². The Kier molecular flexibility index (Phi) is 8.97. The molecule has 0 amide bonds. The number of benzene rings is 1. The Morgan fingerprint density at radius 2 is 1.95 bits per heavy atom. The van der Waals surface area contributed by atoms with Gasteiger partial charge in [-0.15, -0.1) is 5.10 Å². The first kappa shape index (κ1) is 28.6. The van der Waals surface area contributed by atoms with Crippen molar-refractivity contribution in [2.45, 2.75) is 70.5 Å². The highest BCUT2D eigenvalue weighted by molar-refractivity contribution is 5.59. The Labute approximate surface area is 213 Å². The number of aliphatic hydroxyl groups is 4. The summed E-state index contributed by atoms with van der Waals surface area (Å²) in [5.74, 6) is -3.30. The summed E-state index contributed by atoms with van der Waals surface area (Å²) in [5.41, 5.74) is 1.25. The van der Waals surface area contributed by atoms with Crippen LogP contribution >= 0.6 is 0 Å². The van der Waals surface area contributed by atoms with Gasteiger partial charge in [-0.3, -0.25) is 4.68 Å². The summed E-state index contributed by atoms with van der Waals surface area (Å²) in [5, 5.41) is 46.6. The number of rotatable bonds is 9. The van der Waals surface area contributed by atoms with Gasteiger partial charge in [0, 0.05) is 29.8 Å². The molecule has 2 aromatic rings. The fourth-order valence-electron chi connectivity index (χ4n) is 3.95. The van der Waals surface area contributed by atoms with Crippen molar-refractivity contribution in [1.82, 2.24) is 9.78 Å². The third-order valence-electron chi connectivity index (χ3n) is 5.97. The highest BCUT2D eigenvalue weighted by Crippen LogP contribution is 2.35. The van der Waals surface area contributed by atoms with Gasteiger partial charge in [0.2, 0.25) is 5.88 Å². The maximum atomic E-state index is 14.7. The fraction of sp³-hybridized carbons (Fsp3) is 0.583. The number of nitrogens with zero attached hydrogens (tertiary/aromatic N) is 2. The van der Waals surface area contributed by atoms with Crippen LogP contribution in [0.5, 0.6) is 11.6 Å². The maximum absolute atomic E-state index is 14.7. The number of hydrogen-bond acceptors (Lipinski definition) is 11. The molecule has 5 atom stereocenters. The minimum atomic E-state index is -2.91. The Morgan fingerprint density at radius 1 is 1.24 bits per heavy atom. The average Bonchev–Trinajstić information content (AvgIpc) is 3.15. The lowest BCUT2D eigenvalue weighted by Crippen LogP contribution is -2.67. The van der Waals surface area contributed by atoms with Gasteiger partial charge >= 0.3 is 12.1 Å². The highest BCUT2D eigenvalue weighted by atomic mass is 19.1. The van der Waals surface area contributed by atoms with Crippen LogP contribution in [0.15, 0.2) is 18.2 Å². The number of ether oxygens (including phenoxy) is 5. The van der Waals surface area contributed by atoms with Crippen molar-refractivity contribution >= 4 is 6.16 Å². The van der Waals surface area contributed by atoms with Crippen molar-refractivity contribution in [2.75, 3.05) is 20.3 Å². The van der Waals surface area contributed by atoms with E-state index in [1.54, 1.807) is 24.6 Å². The van der Waals surface area contributed by atoms with Crippen LogP contribution in [0.1, 0.15) is 43.6 Å². The Morgan fingerprint density at radius 3 is 2.54 bits per heavy atom. The van der Waals surface area contributed by atoms with E-state index in [4.69, 9.17) is 18.9 Å². The summed E-state index contributed by atoms with van der Waals surface area (Å²) in [6.07, 6.45) is -8.38. The van der Waals surface area contributed by atoms with Gasteiger partial charge in [-0.2, -0.15) is 0 Å². The molecule has 0 unspecified atom stereocenters. The highest BCUT2D eigenvalue weighted by Gasteiger charge is 2.56. The number of methoxy groups -OCH3 is 1. The molecular weight excluding hydrogens is 495 g/mol. The van der Waals surface area contributed by atoms with Crippen molar-refractivity contribution in [1.29, 1.82) is 0 Å². The number of halogens is 1. The van der Waals surface area contributed by atoms with Crippen LogP contribution in [0.4, 0.5) is 9.18 Å². The molecule has 12 nitrogen and oxygen atoms in total. The second-order valence-electron chi connectivity index (χ2n) is 8.85. The first-order valence-electron chi connectivity index (χ1n) is 11.7. The summed E-state index contributed by atoms with van der Waals surface area (Å²) in [4.78, 5) is 11.5. The second kappa shape index (κ2) is 11.6. The molecule has 0 saturated carbocycles. The zero-order valence-electron chi connectivity index (χ0n) is 21.3. The van der Waals surface area contributed by atoms with Gasteiger partial charge in [0.05, 0.1) is 13.7 Å². The van der Waals surface area contributed by atoms with Crippen LogP contribution in [0, 0.1) is 12.7 Å². The molecule has 1 aliphatic heterocycles. The molecule has 1 fully saturated rings. The van der Waals surface area contributed by atoms with Crippen molar-refractivity contribution < 1.29 is 53.3 Å². The first-order chi connectivity index (χ1) is 17.4. The number of aromatic nitrogens is 2. The third-order valence-corrected chi connectivity index (χ3v) is 5.97. The lowest BCUT2D eigenvalue weighted by Gasteiger charge is -2.44. The summed E-state index contributed by atoms with van der Waals surface area (Å²) < 4.78 is 41.8. The predicted molar refractivity (Wildman–Crippen MR) is 125 cm³/mol. The molecule has 2 heterocycles. The summed E-state index contributed by atoms with van der Waals surface area (Å²) >= 11 is 0. The van der Waals surface area contributed by atoms with E-state index in [-0.39, 0.29) is 30.5 Å². The first-order valence-corrected chi connectivity index (χ1v) is 11.7. The lowest BCUT2D eigenvalue weighted by molar-refractivity contribution is -0.423. The topological polar surface area (TPSA) is 162 Å². The zero-order chi connectivity index (χ0) is 27.5. The van der Waals surface area contributed by atoms with E-state index in [2.05, 4.69) is 9.84 Å². The summed E-state index contributed by atoms with van der Waals surface area (Å²) in [7, 11) is 1.42. The van der Waals surface area contributed by atoms with Crippen LogP contribution < -0.4 is 9.47 Å². The Bertz CT molecular complexity index is 1090. The Hall–Kier alpha value is -2.97. The molecule has 0 aliphatic carbocycles. The van der Waals surface area contributed by atoms with E-state index < -0.39 is 49.0 Å². The number of aliphatic hydroxyl groups excluding tert-OH is 3. The molecule has 13 heteroatoms. The van der Waals surface area contributed by atoms with Gasteiger partial charge in [0.15, 0.2) is 6.10 Å². The van der Waals surface area contributed by atoms with Crippen LogP contribution in [0.2, 0.25) is 0 Å². The minimum absolute atomic E-state index is 0.00351. The number of hydrogen-bond donors (Lipinski definition) is 4. The molecule has 0 bridgehead atoms. The van der Waals surface area contributed by atoms with Crippen LogP contribution in [0.3, 0.4) is 0 Å². The molecule has 1 aromatic heterocycles. The third kappa shape index (κ3) is 6.13. The van der Waals surface area contributed by atoms with E-state index in [9.17, 15) is 29.6 Å². The standard InChI is InChI=1S/C24H33FN2O10/c1-6-34-23(31)35-11-18-19(28)20(29)21(30)24(32,36-18)37-22-16(13(4)27(26-22)12(2)3)9-14-7-8-15(33-5)10-17(14)25/h7-8,10,12,18-21,28-30,32H,6,9,11H2,1-5H3/t18-,19-,20+,21-,24+/m1/s1. The molecule has 206 valence electrons. The largest absolute Gasteiger partial charge is 0.508 e. The van der Waals surface area contributed by atoms with E-state index in [0.717, 1.165) is 0 Å². The van der Waals surface area contributed by atoms with Gasteiger partial charge in [0.25, 0.3) is 0 Å². The summed E-state index contributed by atoms with van der Waals surface area (Å²) in [6, 6.07) is 4.20. The van der Waals surface area contributed by atoms with Crippen LogP contribution in [0.25, 0.3) is 0 Å².